The molecule has 3 atom stereocenters. The van der Waals surface area contributed by atoms with E-state index in [0.717, 1.165) is 24.2 Å². The first-order valence-corrected chi connectivity index (χ1v) is 6.26. The van der Waals surface area contributed by atoms with E-state index in [1.165, 1.54) is 37.0 Å². The van der Waals surface area contributed by atoms with Crippen LogP contribution in [0.25, 0.3) is 0 Å². The molecule has 15 heavy (non-hydrogen) atoms. The van der Waals surface area contributed by atoms with Crippen LogP contribution in [0.3, 0.4) is 0 Å². The van der Waals surface area contributed by atoms with E-state index in [9.17, 15) is 0 Å². The number of azo groups is 1. The number of hydrogen-bond acceptors (Lipinski definition) is 2. The van der Waals surface area contributed by atoms with Crippen LogP contribution in [0.15, 0.2) is 21.5 Å². The van der Waals surface area contributed by atoms with Crippen LogP contribution < -0.4 is 0 Å². The van der Waals surface area contributed by atoms with Crippen molar-refractivity contribution < 1.29 is 0 Å². The summed E-state index contributed by atoms with van der Waals surface area (Å²) in [4.78, 5) is 0. The van der Waals surface area contributed by atoms with Gasteiger partial charge in [0, 0.05) is 7.05 Å². The van der Waals surface area contributed by atoms with E-state index in [2.05, 4.69) is 24.1 Å². The molecule has 2 aliphatic rings. The molecular weight excluding hydrogens is 184 g/mol. The van der Waals surface area contributed by atoms with Crippen molar-refractivity contribution in [2.45, 2.75) is 46.0 Å². The lowest BCUT2D eigenvalue weighted by atomic mass is 9.99. The molecule has 0 radical (unpaired) electrons. The second kappa shape index (κ2) is 4.46. The Morgan fingerprint density at radius 1 is 1.20 bits per heavy atom. The monoisotopic (exact) mass is 206 g/mol. The van der Waals surface area contributed by atoms with Gasteiger partial charge in [-0.1, -0.05) is 13.3 Å². The standard InChI is InChI=1S/C13H22N2/c1-4-10-11-6-5-9(2)13(15-14-3)8-7-12(10)11/h10-12H,4-8H2,1-3H3/b13-9+,15-14-. The van der Waals surface area contributed by atoms with E-state index in [0.29, 0.717) is 0 Å². The molecule has 0 aromatic carbocycles. The molecule has 0 aromatic rings. The number of fused-ring (bicyclic) bond motifs is 1. The second-order valence-electron chi connectivity index (χ2n) is 5.00. The summed E-state index contributed by atoms with van der Waals surface area (Å²) in [6.45, 7) is 4.57. The van der Waals surface area contributed by atoms with Crippen molar-refractivity contribution in [2.75, 3.05) is 7.05 Å². The van der Waals surface area contributed by atoms with Crippen molar-refractivity contribution >= 4 is 0 Å². The maximum Gasteiger partial charge on any atom is 0.0615 e. The lowest BCUT2D eigenvalue weighted by Crippen LogP contribution is -1.95. The minimum atomic E-state index is 1.00. The van der Waals surface area contributed by atoms with E-state index in [4.69, 9.17) is 0 Å². The highest BCUT2D eigenvalue weighted by atomic mass is 15.1. The molecule has 0 aromatic heterocycles. The van der Waals surface area contributed by atoms with Gasteiger partial charge < -0.3 is 0 Å². The molecule has 0 aliphatic heterocycles. The zero-order valence-electron chi connectivity index (χ0n) is 10.2. The molecule has 2 nitrogen and oxygen atoms in total. The summed E-state index contributed by atoms with van der Waals surface area (Å²) in [5, 5.41) is 8.20. The van der Waals surface area contributed by atoms with Crippen molar-refractivity contribution in [3.8, 4) is 0 Å². The van der Waals surface area contributed by atoms with Gasteiger partial charge in [0.05, 0.1) is 5.70 Å². The number of hydrogen-bond donors (Lipinski definition) is 0. The summed E-state index contributed by atoms with van der Waals surface area (Å²) >= 11 is 0. The maximum atomic E-state index is 4.27. The molecule has 0 spiro atoms. The van der Waals surface area contributed by atoms with Crippen molar-refractivity contribution in [3.63, 3.8) is 0 Å². The molecule has 0 bridgehead atoms. The maximum absolute atomic E-state index is 4.27. The summed E-state index contributed by atoms with van der Waals surface area (Å²) in [6, 6.07) is 0. The van der Waals surface area contributed by atoms with Crippen molar-refractivity contribution in [1.82, 2.24) is 0 Å². The minimum absolute atomic E-state index is 1.00. The van der Waals surface area contributed by atoms with Gasteiger partial charge in [-0.2, -0.15) is 10.2 Å². The fraction of sp³-hybridized carbons (Fsp3) is 0.846. The average Bonchev–Trinajstić information content (AvgIpc) is 2.90. The van der Waals surface area contributed by atoms with Crippen LogP contribution in [0.5, 0.6) is 0 Å². The van der Waals surface area contributed by atoms with Crippen LogP contribution in [-0.4, -0.2) is 7.05 Å². The van der Waals surface area contributed by atoms with Gasteiger partial charge in [-0.05, 0) is 55.9 Å². The van der Waals surface area contributed by atoms with Crippen LogP contribution in [0.2, 0.25) is 0 Å². The van der Waals surface area contributed by atoms with Gasteiger partial charge in [0.1, 0.15) is 0 Å². The third-order valence-electron chi connectivity index (χ3n) is 4.26. The predicted octanol–water partition coefficient (Wildman–Crippen LogP) is 4.19. The molecule has 2 aliphatic carbocycles. The molecule has 2 rings (SSSR count). The van der Waals surface area contributed by atoms with Crippen LogP contribution in [0.4, 0.5) is 0 Å². The molecule has 1 fully saturated rings. The van der Waals surface area contributed by atoms with Crippen LogP contribution >= 0.6 is 0 Å². The normalized spacial score (nSPS) is 41.1. The highest BCUT2D eigenvalue weighted by Gasteiger charge is 2.47. The topological polar surface area (TPSA) is 24.7 Å². The van der Waals surface area contributed by atoms with E-state index < -0.39 is 0 Å². The van der Waals surface area contributed by atoms with Gasteiger partial charge in [-0.15, -0.1) is 0 Å². The van der Waals surface area contributed by atoms with Gasteiger partial charge in [-0.3, -0.25) is 0 Å². The summed E-state index contributed by atoms with van der Waals surface area (Å²) in [5.41, 5.74) is 2.73. The van der Waals surface area contributed by atoms with Gasteiger partial charge in [0.25, 0.3) is 0 Å². The molecule has 3 unspecified atom stereocenters. The molecule has 0 saturated heterocycles. The van der Waals surface area contributed by atoms with E-state index in [1.807, 2.05) is 0 Å². The Kier molecular flexibility index (Phi) is 3.22. The highest BCUT2D eigenvalue weighted by molar-refractivity contribution is 5.14. The van der Waals surface area contributed by atoms with Crippen molar-refractivity contribution in [3.05, 3.63) is 11.3 Å². The molecule has 1 saturated carbocycles. The van der Waals surface area contributed by atoms with Crippen LogP contribution in [0.1, 0.15) is 46.0 Å². The Morgan fingerprint density at radius 2 is 1.87 bits per heavy atom. The number of allylic oxidation sites excluding steroid dienone is 2. The molecule has 0 amide bonds. The largest absolute Gasteiger partial charge is 0.192 e. The van der Waals surface area contributed by atoms with Gasteiger partial charge in [0.2, 0.25) is 0 Å². The summed E-state index contributed by atoms with van der Waals surface area (Å²) < 4.78 is 0. The SMILES string of the molecule is CCC1C2CC/C(C)=C(/N=N\C)CCC12. The fourth-order valence-corrected chi connectivity index (χ4v) is 3.29. The first-order valence-electron chi connectivity index (χ1n) is 6.26. The first kappa shape index (κ1) is 10.8. The quantitative estimate of drug-likeness (QED) is 0.605. The zero-order chi connectivity index (χ0) is 10.8. The highest BCUT2D eigenvalue weighted by Crippen LogP contribution is 2.55. The average molecular weight is 206 g/mol. The molecule has 0 N–H and O–H groups in total. The number of rotatable bonds is 2. The number of nitrogens with zero attached hydrogens (tertiary/aromatic N) is 2. The van der Waals surface area contributed by atoms with Crippen LogP contribution in [0, 0.1) is 17.8 Å². The summed E-state index contributed by atoms with van der Waals surface area (Å²) in [6.07, 6.45) is 6.50. The lowest BCUT2D eigenvalue weighted by Gasteiger charge is -2.10. The molecular formula is C13H22N2. The molecule has 84 valence electrons. The Bertz CT molecular complexity index is 291. The first-order chi connectivity index (χ1) is 7.27. The van der Waals surface area contributed by atoms with E-state index in [1.54, 1.807) is 7.05 Å². The van der Waals surface area contributed by atoms with Gasteiger partial charge in [-0.25, -0.2) is 0 Å². The lowest BCUT2D eigenvalue weighted by molar-refractivity contribution is 0.577. The molecule has 0 heterocycles. The second-order valence-corrected chi connectivity index (χ2v) is 5.00. The van der Waals surface area contributed by atoms with Crippen LogP contribution in [-0.2, 0) is 0 Å². The third-order valence-corrected chi connectivity index (χ3v) is 4.26. The van der Waals surface area contributed by atoms with E-state index in [-0.39, 0.29) is 0 Å². The zero-order valence-corrected chi connectivity index (χ0v) is 10.2. The smallest absolute Gasteiger partial charge is 0.0615 e. The van der Waals surface area contributed by atoms with Gasteiger partial charge in [0.15, 0.2) is 0 Å². The molecule has 2 heteroatoms. The Morgan fingerprint density at radius 3 is 2.47 bits per heavy atom. The minimum Gasteiger partial charge on any atom is -0.192 e. The Balaban J connectivity index is 2.03. The Hall–Kier alpha value is -0.660. The van der Waals surface area contributed by atoms with Gasteiger partial charge >= 0.3 is 0 Å². The van der Waals surface area contributed by atoms with E-state index >= 15 is 0 Å². The third kappa shape index (κ3) is 2.14. The fourth-order valence-electron chi connectivity index (χ4n) is 3.29. The Labute approximate surface area is 92.9 Å². The summed E-state index contributed by atoms with van der Waals surface area (Å²) in [7, 11) is 1.77. The predicted molar refractivity (Wildman–Crippen MR) is 62.7 cm³/mol. The summed E-state index contributed by atoms with van der Waals surface area (Å²) in [5.74, 6) is 3.06. The van der Waals surface area contributed by atoms with Crippen molar-refractivity contribution in [1.29, 1.82) is 0 Å². The van der Waals surface area contributed by atoms with Crippen molar-refractivity contribution in [2.24, 2.45) is 28.0 Å².